The van der Waals surface area contributed by atoms with E-state index in [1.54, 1.807) is 30.7 Å². The molecule has 2 atom stereocenters. The number of aromatic nitrogens is 7. The number of halogens is 1. The van der Waals surface area contributed by atoms with E-state index >= 15 is 0 Å². The Morgan fingerprint density at radius 2 is 1.97 bits per heavy atom. The van der Waals surface area contributed by atoms with Gasteiger partial charge in [0, 0.05) is 18.2 Å². The van der Waals surface area contributed by atoms with E-state index < -0.39 is 0 Å². The van der Waals surface area contributed by atoms with Crippen LogP contribution >= 0.6 is 22.9 Å². The highest BCUT2D eigenvalue weighted by atomic mass is 35.5. The number of rotatable bonds is 5. The smallest absolute Gasteiger partial charge is 0.280 e. The van der Waals surface area contributed by atoms with Gasteiger partial charge in [0.05, 0.1) is 35.9 Å². The van der Waals surface area contributed by atoms with Crippen molar-refractivity contribution in [3.05, 3.63) is 64.5 Å². The summed E-state index contributed by atoms with van der Waals surface area (Å²) in [5, 5.41) is 22.5. The Morgan fingerprint density at radius 1 is 1.14 bits per heavy atom. The molecule has 5 aromatic rings. The van der Waals surface area contributed by atoms with Gasteiger partial charge in [0.15, 0.2) is 10.8 Å². The van der Waals surface area contributed by atoms with Crippen molar-refractivity contribution in [1.82, 2.24) is 39.8 Å². The lowest BCUT2D eigenvalue weighted by atomic mass is 9.90. The van der Waals surface area contributed by atoms with Crippen LogP contribution in [0.25, 0.3) is 28.2 Å². The zero-order chi connectivity index (χ0) is 24.6. The molecular formula is C24H21ClN8O2S. The zero-order valence-corrected chi connectivity index (χ0v) is 20.5. The van der Waals surface area contributed by atoms with E-state index in [1.165, 1.54) is 11.0 Å². The molecule has 1 aromatic carbocycles. The number of nitrogens with one attached hydrogen (secondary N) is 1. The van der Waals surface area contributed by atoms with Gasteiger partial charge in [-0.15, -0.1) is 4.80 Å². The quantitative estimate of drug-likeness (QED) is 0.352. The summed E-state index contributed by atoms with van der Waals surface area (Å²) in [6.45, 7) is 0. The molecule has 1 fully saturated rings. The second-order valence-corrected chi connectivity index (χ2v) is 10.3. The van der Waals surface area contributed by atoms with E-state index in [-0.39, 0.29) is 23.7 Å². The number of hydrogen-bond donors (Lipinski definition) is 2. The first-order chi connectivity index (χ1) is 17.6. The fourth-order valence-corrected chi connectivity index (χ4v) is 5.61. The van der Waals surface area contributed by atoms with Crippen molar-refractivity contribution in [3.8, 4) is 23.0 Å². The maximum atomic E-state index is 12.7. The lowest BCUT2D eigenvalue weighted by Gasteiger charge is -2.32. The first-order valence-electron chi connectivity index (χ1n) is 11.5. The molecule has 1 amide bonds. The largest absolute Gasteiger partial charge is 0.507 e. The summed E-state index contributed by atoms with van der Waals surface area (Å²) >= 11 is 7.13. The molecule has 0 spiro atoms. The average Bonchev–Trinajstić information content (AvgIpc) is 3.64. The van der Waals surface area contributed by atoms with Crippen molar-refractivity contribution >= 4 is 39.9 Å². The van der Waals surface area contributed by atoms with Gasteiger partial charge in [-0.2, -0.15) is 10.2 Å². The third kappa shape index (κ3) is 4.20. The molecule has 4 aromatic heterocycles. The number of fused-ring (bicyclic) bond motifs is 1. The minimum absolute atomic E-state index is 0.0318. The summed E-state index contributed by atoms with van der Waals surface area (Å²) in [6, 6.07) is 9.06. The SMILES string of the molecule is O=C(N[C@H]1CCC[C@@H](n2c(-c3ccccc3O)nc3cnc(-n4nccn4)cc32)C1)c1ncc(Cl)s1. The molecule has 2 N–H and O–H groups in total. The van der Waals surface area contributed by atoms with Crippen LogP contribution in [-0.4, -0.2) is 51.6 Å². The summed E-state index contributed by atoms with van der Waals surface area (Å²) in [5.74, 6) is 1.15. The first kappa shape index (κ1) is 22.6. The monoisotopic (exact) mass is 520 g/mol. The van der Waals surface area contributed by atoms with E-state index in [9.17, 15) is 9.90 Å². The Bertz CT molecular complexity index is 1550. The molecule has 0 aliphatic heterocycles. The van der Waals surface area contributed by atoms with Crippen LogP contribution in [0.3, 0.4) is 0 Å². The van der Waals surface area contributed by atoms with Crippen LogP contribution in [-0.2, 0) is 0 Å². The second kappa shape index (κ2) is 9.32. The van der Waals surface area contributed by atoms with Crippen LogP contribution in [0.15, 0.2) is 55.1 Å². The third-order valence-electron chi connectivity index (χ3n) is 6.35. The van der Waals surface area contributed by atoms with Crippen LogP contribution in [0.4, 0.5) is 0 Å². The molecule has 1 aliphatic rings. The Balaban J connectivity index is 1.40. The van der Waals surface area contributed by atoms with E-state index in [2.05, 4.69) is 30.0 Å². The van der Waals surface area contributed by atoms with Gasteiger partial charge in [-0.1, -0.05) is 35.1 Å². The van der Waals surface area contributed by atoms with Crippen molar-refractivity contribution in [2.75, 3.05) is 0 Å². The highest BCUT2D eigenvalue weighted by Crippen LogP contribution is 2.38. The molecule has 6 rings (SSSR count). The predicted octanol–water partition coefficient (Wildman–Crippen LogP) is 4.41. The fraction of sp³-hybridized carbons (Fsp3) is 0.250. The predicted molar refractivity (Wildman–Crippen MR) is 135 cm³/mol. The number of aromatic hydroxyl groups is 1. The summed E-state index contributed by atoms with van der Waals surface area (Å²) in [4.78, 5) is 27.6. The number of imidazole rings is 1. The van der Waals surface area contributed by atoms with Crippen LogP contribution in [0.5, 0.6) is 5.75 Å². The molecular weight excluding hydrogens is 500 g/mol. The topological polar surface area (TPSA) is 124 Å². The standard InChI is InChI=1S/C24H21ClN8O2S/c25-20-13-27-24(36-20)23(35)30-14-4-3-5-15(10-14)32-18-11-21(33-28-8-9-29-33)26-12-17(18)31-22(32)16-6-1-2-7-19(16)34/h1-2,6-9,11-15,34H,3-5,10H2,(H,30,35)/t14-,15+/m0/s1. The lowest BCUT2D eigenvalue weighted by Crippen LogP contribution is -2.39. The molecule has 0 unspecified atom stereocenters. The number of phenolic OH excluding ortho intramolecular Hbond substituents is 1. The zero-order valence-electron chi connectivity index (χ0n) is 19.0. The summed E-state index contributed by atoms with van der Waals surface area (Å²) in [5.41, 5.74) is 2.20. The molecule has 0 bridgehead atoms. The number of amides is 1. The maximum Gasteiger partial charge on any atom is 0.280 e. The number of para-hydroxylation sites is 1. The van der Waals surface area contributed by atoms with Gasteiger partial charge in [-0.3, -0.25) is 4.79 Å². The number of nitrogens with zero attached hydrogens (tertiary/aromatic N) is 7. The molecule has 0 saturated heterocycles. The number of thiazole rings is 1. The van der Waals surface area contributed by atoms with Gasteiger partial charge in [-0.05, 0) is 37.8 Å². The number of benzene rings is 1. The van der Waals surface area contributed by atoms with E-state index in [0.29, 0.717) is 38.5 Å². The summed E-state index contributed by atoms with van der Waals surface area (Å²) in [7, 11) is 0. The molecule has 0 radical (unpaired) electrons. The molecule has 12 heteroatoms. The number of carbonyl (C=O) groups excluding carboxylic acids is 1. The molecule has 1 aliphatic carbocycles. The van der Waals surface area contributed by atoms with E-state index in [1.807, 2.05) is 18.2 Å². The second-order valence-electron chi connectivity index (χ2n) is 8.63. The number of carbonyl (C=O) groups is 1. The van der Waals surface area contributed by atoms with Crippen LogP contribution in [0.2, 0.25) is 4.34 Å². The minimum Gasteiger partial charge on any atom is -0.507 e. The van der Waals surface area contributed by atoms with Crippen LogP contribution in [0.1, 0.15) is 41.5 Å². The molecule has 1 saturated carbocycles. The number of pyridine rings is 1. The Kier molecular flexibility index (Phi) is 5.86. The molecule has 182 valence electrons. The fourth-order valence-electron chi connectivity index (χ4n) is 4.79. The molecule has 10 nitrogen and oxygen atoms in total. The Hall–Kier alpha value is -3.83. The van der Waals surface area contributed by atoms with Gasteiger partial charge in [-0.25, -0.2) is 15.0 Å². The normalized spacial score (nSPS) is 17.9. The van der Waals surface area contributed by atoms with Crippen molar-refractivity contribution in [3.63, 3.8) is 0 Å². The van der Waals surface area contributed by atoms with E-state index in [0.717, 1.165) is 36.1 Å². The highest BCUT2D eigenvalue weighted by Gasteiger charge is 2.29. The van der Waals surface area contributed by atoms with Gasteiger partial charge in [0.2, 0.25) is 0 Å². The van der Waals surface area contributed by atoms with Crippen LogP contribution in [0, 0.1) is 0 Å². The van der Waals surface area contributed by atoms with Crippen molar-refractivity contribution in [2.45, 2.75) is 37.8 Å². The number of hydrogen-bond acceptors (Lipinski definition) is 8. The van der Waals surface area contributed by atoms with Crippen molar-refractivity contribution in [2.24, 2.45) is 0 Å². The van der Waals surface area contributed by atoms with Gasteiger partial charge >= 0.3 is 0 Å². The van der Waals surface area contributed by atoms with Crippen molar-refractivity contribution in [1.29, 1.82) is 0 Å². The van der Waals surface area contributed by atoms with Crippen molar-refractivity contribution < 1.29 is 9.90 Å². The third-order valence-corrected chi connectivity index (χ3v) is 7.46. The van der Waals surface area contributed by atoms with Gasteiger partial charge in [0.25, 0.3) is 5.91 Å². The van der Waals surface area contributed by atoms with Gasteiger partial charge < -0.3 is 15.0 Å². The Morgan fingerprint density at radius 3 is 2.75 bits per heavy atom. The minimum atomic E-state index is -0.217. The number of phenols is 1. The average molecular weight is 521 g/mol. The summed E-state index contributed by atoms with van der Waals surface area (Å²) < 4.78 is 2.63. The van der Waals surface area contributed by atoms with Crippen LogP contribution < -0.4 is 5.32 Å². The van der Waals surface area contributed by atoms with Gasteiger partial charge in [0.1, 0.15) is 21.4 Å². The van der Waals surface area contributed by atoms with E-state index in [4.69, 9.17) is 16.6 Å². The molecule has 4 heterocycles. The highest BCUT2D eigenvalue weighted by molar-refractivity contribution is 7.17. The maximum absolute atomic E-state index is 12.7. The lowest BCUT2D eigenvalue weighted by molar-refractivity contribution is 0.0920. The Labute approximate surface area is 214 Å². The first-order valence-corrected chi connectivity index (χ1v) is 12.7. The summed E-state index contributed by atoms with van der Waals surface area (Å²) in [6.07, 6.45) is 9.77. The molecule has 36 heavy (non-hydrogen) atoms.